The molecule has 0 atom stereocenters. The molecule has 0 spiro atoms. The number of pyridine rings is 1. The molecular weight excluding hydrogens is 416 g/mol. The number of ether oxygens (including phenoxy) is 1. The zero-order valence-electron chi connectivity index (χ0n) is 18.8. The number of aromatic nitrogens is 2. The van der Waals surface area contributed by atoms with Gasteiger partial charge in [-0.2, -0.15) is 0 Å². The van der Waals surface area contributed by atoms with Crippen molar-refractivity contribution in [1.29, 1.82) is 0 Å². The molecule has 2 aromatic heterocycles. The molecule has 2 aromatic carbocycles. The van der Waals surface area contributed by atoms with Crippen molar-refractivity contribution in [2.75, 3.05) is 10.6 Å². The fourth-order valence-corrected chi connectivity index (χ4v) is 3.30. The number of benzene rings is 2. The van der Waals surface area contributed by atoms with E-state index in [0.29, 0.717) is 29.3 Å². The van der Waals surface area contributed by atoms with Crippen LogP contribution in [0.1, 0.15) is 35.5 Å². The fourth-order valence-electron chi connectivity index (χ4n) is 3.30. The molecule has 2 amide bonds. The van der Waals surface area contributed by atoms with E-state index in [1.54, 1.807) is 48.5 Å². The van der Waals surface area contributed by atoms with Gasteiger partial charge in [-0.3, -0.25) is 9.59 Å². The van der Waals surface area contributed by atoms with Crippen molar-refractivity contribution in [3.05, 3.63) is 89.9 Å². The van der Waals surface area contributed by atoms with Crippen LogP contribution in [0.2, 0.25) is 0 Å². The molecule has 4 rings (SSSR count). The standard InChI is InChI=1S/C26H26N4O3/c1-17(2)25(31)28-20-7-4-8-21(14-20)29-26(32)19-9-11-23(12-10-19)33-16-22-15-30-13-5-6-18(3)24(30)27-22/h4-15,17H,16H2,1-3H3,(H,28,31)(H,29,32). The van der Waals surface area contributed by atoms with Gasteiger partial charge in [0.1, 0.15) is 18.0 Å². The smallest absolute Gasteiger partial charge is 0.255 e. The van der Waals surface area contributed by atoms with Crippen LogP contribution < -0.4 is 15.4 Å². The van der Waals surface area contributed by atoms with Gasteiger partial charge in [-0.15, -0.1) is 0 Å². The summed E-state index contributed by atoms with van der Waals surface area (Å²) < 4.78 is 7.82. The monoisotopic (exact) mass is 442 g/mol. The van der Waals surface area contributed by atoms with Crippen LogP contribution in [0, 0.1) is 12.8 Å². The maximum absolute atomic E-state index is 12.6. The predicted octanol–water partition coefficient (Wildman–Crippen LogP) is 5.07. The van der Waals surface area contributed by atoms with Crippen molar-refractivity contribution in [2.45, 2.75) is 27.4 Å². The highest BCUT2D eigenvalue weighted by Crippen LogP contribution is 2.19. The summed E-state index contributed by atoms with van der Waals surface area (Å²) in [5, 5.41) is 5.68. The van der Waals surface area contributed by atoms with Crippen molar-refractivity contribution < 1.29 is 14.3 Å². The fraction of sp³-hybridized carbons (Fsp3) is 0.192. The number of aryl methyl sites for hydroxylation is 1. The number of carbonyl (C=O) groups is 2. The molecular formula is C26H26N4O3. The molecule has 4 aromatic rings. The lowest BCUT2D eigenvalue weighted by atomic mass is 10.2. The summed E-state index contributed by atoms with van der Waals surface area (Å²) in [4.78, 5) is 29.1. The molecule has 0 radical (unpaired) electrons. The third-order valence-electron chi connectivity index (χ3n) is 5.14. The molecule has 7 nitrogen and oxygen atoms in total. The minimum atomic E-state index is -0.246. The largest absolute Gasteiger partial charge is 0.487 e. The van der Waals surface area contributed by atoms with Crippen molar-refractivity contribution in [3.8, 4) is 5.75 Å². The van der Waals surface area contributed by atoms with Gasteiger partial charge in [0.15, 0.2) is 0 Å². The van der Waals surface area contributed by atoms with Gasteiger partial charge in [0.25, 0.3) is 5.91 Å². The number of hydrogen-bond donors (Lipinski definition) is 2. The van der Waals surface area contributed by atoms with Gasteiger partial charge < -0.3 is 19.8 Å². The second-order valence-corrected chi connectivity index (χ2v) is 8.15. The Morgan fingerprint density at radius 2 is 1.73 bits per heavy atom. The minimum Gasteiger partial charge on any atom is -0.487 e. The average Bonchev–Trinajstić information content (AvgIpc) is 3.23. The van der Waals surface area contributed by atoms with Gasteiger partial charge in [-0.05, 0) is 61.0 Å². The molecule has 0 aliphatic carbocycles. The summed E-state index contributed by atoms with van der Waals surface area (Å²) in [5.41, 5.74) is 4.59. The van der Waals surface area contributed by atoms with E-state index in [4.69, 9.17) is 4.74 Å². The molecule has 7 heteroatoms. The molecule has 0 aliphatic rings. The number of rotatable bonds is 7. The van der Waals surface area contributed by atoms with E-state index in [2.05, 4.69) is 15.6 Å². The van der Waals surface area contributed by atoms with E-state index in [1.165, 1.54) is 0 Å². The summed E-state index contributed by atoms with van der Waals surface area (Å²) in [6.45, 7) is 6.01. The average molecular weight is 443 g/mol. The zero-order valence-corrected chi connectivity index (χ0v) is 18.8. The van der Waals surface area contributed by atoms with Crippen molar-refractivity contribution in [2.24, 2.45) is 5.92 Å². The number of nitrogens with zero attached hydrogens (tertiary/aromatic N) is 2. The Labute approximate surface area is 192 Å². The maximum Gasteiger partial charge on any atom is 0.255 e. The van der Waals surface area contributed by atoms with Gasteiger partial charge in [0, 0.05) is 35.2 Å². The lowest BCUT2D eigenvalue weighted by Crippen LogP contribution is -2.18. The van der Waals surface area contributed by atoms with Gasteiger partial charge >= 0.3 is 0 Å². The Kier molecular flexibility index (Phi) is 6.40. The summed E-state index contributed by atoms with van der Waals surface area (Å²) in [7, 11) is 0. The Hall–Kier alpha value is -4.13. The van der Waals surface area contributed by atoms with Gasteiger partial charge in [0.2, 0.25) is 5.91 Å². The van der Waals surface area contributed by atoms with Crippen LogP contribution >= 0.6 is 0 Å². The van der Waals surface area contributed by atoms with Crippen LogP contribution in [0.3, 0.4) is 0 Å². The first kappa shape index (κ1) is 22.1. The third-order valence-corrected chi connectivity index (χ3v) is 5.14. The van der Waals surface area contributed by atoms with E-state index >= 15 is 0 Å². The van der Waals surface area contributed by atoms with Crippen molar-refractivity contribution >= 4 is 28.8 Å². The van der Waals surface area contributed by atoms with E-state index < -0.39 is 0 Å². The van der Waals surface area contributed by atoms with Crippen molar-refractivity contribution in [3.63, 3.8) is 0 Å². The summed E-state index contributed by atoms with van der Waals surface area (Å²) in [5.74, 6) is 0.206. The quantitative estimate of drug-likeness (QED) is 0.419. The Balaban J connectivity index is 1.36. The topological polar surface area (TPSA) is 84.7 Å². The highest BCUT2D eigenvalue weighted by molar-refractivity contribution is 6.04. The number of carbonyl (C=O) groups excluding carboxylic acids is 2. The van der Waals surface area contributed by atoms with Crippen LogP contribution in [0.25, 0.3) is 5.65 Å². The molecule has 0 fully saturated rings. The van der Waals surface area contributed by atoms with E-state index in [9.17, 15) is 9.59 Å². The Morgan fingerprint density at radius 3 is 2.42 bits per heavy atom. The predicted molar refractivity (Wildman–Crippen MR) is 129 cm³/mol. The van der Waals surface area contributed by atoms with Crippen LogP contribution in [0.15, 0.2) is 73.1 Å². The number of anilines is 2. The number of hydrogen-bond acceptors (Lipinski definition) is 4. The molecule has 2 N–H and O–H groups in total. The molecule has 0 unspecified atom stereocenters. The molecule has 0 saturated heterocycles. The van der Waals surface area contributed by atoms with E-state index in [0.717, 1.165) is 16.9 Å². The number of imidazole rings is 1. The SMILES string of the molecule is Cc1cccn2cc(COc3ccc(C(=O)Nc4cccc(NC(=O)C(C)C)c4)cc3)nc12. The first-order chi connectivity index (χ1) is 15.9. The molecule has 33 heavy (non-hydrogen) atoms. The first-order valence-electron chi connectivity index (χ1n) is 10.8. The molecule has 2 heterocycles. The Bertz CT molecular complexity index is 1290. The van der Waals surface area contributed by atoms with Gasteiger partial charge in [-0.25, -0.2) is 4.98 Å². The molecule has 0 aliphatic heterocycles. The van der Waals surface area contributed by atoms with Crippen LogP contribution in [-0.2, 0) is 11.4 Å². The normalized spacial score (nSPS) is 10.9. The van der Waals surface area contributed by atoms with Crippen LogP contribution in [0.4, 0.5) is 11.4 Å². The highest BCUT2D eigenvalue weighted by atomic mass is 16.5. The third kappa shape index (κ3) is 5.38. The zero-order chi connectivity index (χ0) is 23.4. The number of nitrogens with one attached hydrogen (secondary N) is 2. The second-order valence-electron chi connectivity index (χ2n) is 8.15. The lowest BCUT2D eigenvalue weighted by Gasteiger charge is -2.10. The number of amides is 2. The second kappa shape index (κ2) is 9.56. The maximum atomic E-state index is 12.6. The van der Waals surface area contributed by atoms with E-state index in [1.807, 2.05) is 49.7 Å². The summed E-state index contributed by atoms with van der Waals surface area (Å²) in [6.07, 6.45) is 3.90. The van der Waals surface area contributed by atoms with Crippen LogP contribution in [-0.4, -0.2) is 21.2 Å². The molecule has 168 valence electrons. The minimum absolute atomic E-state index is 0.0761. The van der Waals surface area contributed by atoms with Crippen LogP contribution in [0.5, 0.6) is 5.75 Å². The summed E-state index contributed by atoms with van der Waals surface area (Å²) in [6, 6.07) is 18.0. The first-order valence-corrected chi connectivity index (χ1v) is 10.8. The molecule has 0 saturated carbocycles. The molecule has 0 bridgehead atoms. The highest BCUT2D eigenvalue weighted by Gasteiger charge is 2.10. The summed E-state index contributed by atoms with van der Waals surface area (Å²) >= 11 is 0. The van der Waals surface area contributed by atoms with Gasteiger partial charge in [0.05, 0.1) is 5.69 Å². The van der Waals surface area contributed by atoms with E-state index in [-0.39, 0.29) is 17.7 Å². The van der Waals surface area contributed by atoms with Gasteiger partial charge in [-0.1, -0.05) is 26.0 Å². The number of fused-ring (bicyclic) bond motifs is 1. The lowest BCUT2D eigenvalue weighted by molar-refractivity contribution is -0.118. The van der Waals surface area contributed by atoms with Crippen molar-refractivity contribution in [1.82, 2.24) is 9.38 Å². The Morgan fingerprint density at radius 1 is 1.00 bits per heavy atom.